The van der Waals surface area contributed by atoms with E-state index in [1.54, 1.807) is 26.4 Å². The van der Waals surface area contributed by atoms with Gasteiger partial charge in [-0.3, -0.25) is 0 Å². The maximum absolute atomic E-state index is 5.89. The second-order valence-corrected chi connectivity index (χ2v) is 5.08. The average molecular weight is 329 g/mol. The van der Waals surface area contributed by atoms with Gasteiger partial charge in [-0.15, -0.1) is 0 Å². The van der Waals surface area contributed by atoms with Gasteiger partial charge in [0.2, 0.25) is 0 Å². The summed E-state index contributed by atoms with van der Waals surface area (Å²) in [5, 5.41) is 3.01. The first-order valence-corrected chi connectivity index (χ1v) is 7.61. The molecule has 0 aliphatic carbocycles. The standard InChI is InChI=1S/C18H23N3O3/c1-13-6-4-5-7-15(13)24-11-10-20-18(19)21-14-8-9-16(22-2)17(12-14)23-3/h4-9,12H,10-11H2,1-3H3,(H3,19,20,21). The lowest BCUT2D eigenvalue weighted by molar-refractivity contribution is 0.326. The Morgan fingerprint density at radius 3 is 2.50 bits per heavy atom. The molecule has 0 radical (unpaired) electrons. The summed E-state index contributed by atoms with van der Waals surface area (Å²) in [5.74, 6) is 2.46. The van der Waals surface area contributed by atoms with E-state index in [2.05, 4.69) is 10.3 Å². The molecule has 3 N–H and O–H groups in total. The van der Waals surface area contributed by atoms with E-state index in [9.17, 15) is 0 Å². The van der Waals surface area contributed by atoms with Gasteiger partial charge in [0, 0.05) is 11.8 Å². The molecule has 0 spiro atoms. The summed E-state index contributed by atoms with van der Waals surface area (Å²) in [4.78, 5) is 4.25. The molecule has 0 aliphatic heterocycles. The van der Waals surface area contributed by atoms with Crippen LogP contribution in [0.25, 0.3) is 0 Å². The van der Waals surface area contributed by atoms with Crippen molar-refractivity contribution in [3.8, 4) is 17.2 Å². The van der Waals surface area contributed by atoms with E-state index >= 15 is 0 Å². The number of hydrogen-bond donors (Lipinski definition) is 2. The molecule has 0 aromatic heterocycles. The fourth-order valence-corrected chi connectivity index (χ4v) is 2.14. The quantitative estimate of drug-likeness (QED) is 0.464. The lowest BCUT2D eigenvalue weighted by Gasteiger charge is -2.11. The first-order chi connectivity index (χ1) is 11.6. The smallest absolute Gasteiger partial charge is 0.193 e. The average Bonchev–Trinajstić information content (AvgIpc) is 2.60. The Labute approximate surface area is 142 Å². The maximum atomic E-state index is 5.89. The lowest BCUT2D eigenvalue weighted by atomic mass is 10.2. The molecule has 2 aromatic carbocycles. The van der Waals surface area contributed by atoms with Crippen LogP contribution in [0.2, 0.25) is 0 Å². The third kappa shape index (κ3) is 4.81. The second kappa shape index (κ2) is 8.67. The van der Waals surface area contributed by atoms with E-state index in [4.69, 9.17) is 19.9 Å². The number of hydrogen-bond acceptors (Lipinski definition) is 4. The molecule has 0 amide bonds. The predicted octanol–water partition coefficient (Wildman–Crippen LogP) is 2.82. The number of nitrogens with one attached hydrogen (secondary N) is 1. The van der Waals surface area contributed by atoms with Crippen LogP contribution in [0.3, 0.4) is 0 Å². The summed E-state index contributed by atoms with van der Waals surface area (Å²) in [5.41, 5.74) is 7.76. The number of para-hydroxylation sites is 1. The second-order valence-electron chi connectivity index (χ2n) is 5.08. The van der Waals surface area contributed by atoms with Crippen molar-refractivity contribution in [1.29, 1.82) is 0 Å². The van der Waals surface area contributed by atoms with E-state index < -0.39 is 0 Å². The highest BCUT2D eigenvalue weighted by molar-refractivity contribution is 5.92. The van der Waals surface area contributed by atoms with Crippen LogP contribution >= 0.6 is 0 Å². The third-order valence-corrected chi connectivity index (χ3v) is 3.38. The Balaban J connectivity index is 1.87. The van der Waals surface area contributed by atoms with Crippen molar-refractivity contribution >= 4 is 11.6 Å². The molecule has 6 heteroatoms. The fraction of sp³-hybridized carbons (Fsp3) is 0.278. The summed E-state index contributed by atoms with van der Waals surface area (Å²) >= 11 is 0. The normalized spacial score (nSPS) is 11.0. The molecule has 6 nitrogen and oxygen atoms in total. The number of anilines is 1. The summed E-state index contributed by atoms with van der Waals surface area (Å²) in [6, 6.07) is 13.3. The largest absolute Gasteiger partial charge is 0.493 e. The van der Waals surface area contributed by atoms with Crippen molar-refractivity contribution in [2.24, 2.45) is 10.7 Å². The van der Waals surface area contributed by atoms with Crippen LogP contribution in [0, 0.1) is 6.92 Å². The molecule has 128 valence electrons. The number of nitrogens with two attached hydrogens (primary N) is 1. The first kappa shape index (κ1) is 17.5. The van der Waals surface area contributed by atoms with Gasteiger partial charge in [0.25, 0.3) is 0 Å². The zero-order valence-corrected chi connectivity index (χ0v) is 14.2. The Bertz CT molecular complexity index is 702. The summed E-state index contributed by atoms with van der Waals surface area (Å²) in [6.07, 6.45) is 0. The number of aryl methyl sites for hydroxylation is 1. The van der Waals surface area contributed by atoms with E-state index in [0.717, 1.165) is 17.0 Å². The number of aliphatic imine (C=N–C) groups is 1. The number of benzene rings is 2. The number of ether oxygens (including phenoxy) is 3. The van der Waals surface area contributed by atoms with E-state index in [1.165, 1.54) is 0 Å². The van der Waals surface area contributed by atoms with Crippen LogP contribution in [0.5, 0.6) is 17.2 Å². The van der Waals surface area contributed by atoms with Crippen LogP contribution in [0.1, 0.15) is 5.56 Å². The summed E-state index contributed by atoms with van der Waals surface area (Å²) in [6.45, 7) is 2.92. The van der Waals surface area contributed by atoms with Crippen LogP contribution in [-0.4, -0.2) is 33.3 Å². The number of nitrogens with zero attached hydrogens (tertiary/aromatic N) is 1. The van der Waals surface area contributed by atoms with Crippen LogP contribution in [0.4, 0.5) is 5.69 Å². The van der Waals surface area contributed by atoms with Gasteiger partial charge >= 0.3 is 0 Å². The van der Waals surface area contributed by atoms with Gasteiger partial charge in [0.15, 0.2) is 17.5 Å². The van der Waals surface area contributed by atoms with E-state index in [0.29, 0.717) is 30.6 Å². The fourth-order valence-electron chi connectivity index (χ4n) is 2.14. The first-order valence-electron chi connectivity index (χ1n) is 7.61. The van der Waals surface area contributed by atoms with Crippen molar-refractivity contribution < 1.29 is 14.2 Å². The van der Waals surface area contributed by atoms with Gasteiger partial charge in [-0.1, -0.05) is 18.2 Å². The Morgan fingerprint density at radius 1 is 1.04 bits per heavy atom. The van der Waals surface area contributed by atoms with Crippen molar-refractivity contribution in [2.75, 3.05) is 32.7 Å². The molecule has 2 aromatic rings. The highest BCUT2D eigenvalue weighted by Crippen LogP contribution is 2.29. The van der Waals surface area contributed by atoms with Gasteiger partial charge < -0.3 is 25.3 Å². The molecule has 2 rings (SSSR count). The van der Waals surface area contributed by atoms with Gasteiger partial charge in [0.05, 0.1) is 20.8 Å². The topological polar surface area (TPSA) is 78.1 Å². The summed E-state index contributed by atoms with van der Waals surface area (Å²) < 4.78 is 16.1. The Kier molecular flexibility index (Phi) is 6.31. The molecule has 0 unspecified atom stereocenters. The molecule has 0 fully saturated rings. The van der Waals surface area contributed by atoms with Gasteiger partial charge in [-0.05, 0) is 30.7 Å². The Hall–Kier alpha value is -2.89. The SMILES string of the molecule is COc1ccc(NC(N)=NCCOc2ccccc2C)cc1OC. The summed E-state index contributed by atoms with van der Waals surface area (Å²) in [7, 11) is 3.18. The molecule has 24 heavy (non-hydrogen) atoms. The zero-order chi connectivity index (χ0) is 17.4. The van der Waals surface area contributed by atoms with Crippen molar-refractivity contribution in [2.45, 2.75) is 6.92 Å². The highest BCUT2D eigenvalue weighted by Gasteiger charge is 2.05. The van der Waals surface area contributed by atoms with E-state index in [1.807, 2.05) is 37.3 Å². The maximum Gasteiger partial charge on any atom is 0.193 e. The van der Waals surface area contributed by atoms with Crippen molar-refractivity contribution in [1.82, 2.24) is 0 Å². The number of methoxy groups -OCH3 is 2. The lowest BCUT2D eigenvalue weighted by Crippen LogP contribution is -2.23. The van der Waals surface area contributed by atoms with E-state index in [-0.39, 0.29) is 0 Å². The minimum absolute atomic E-state index is 0.315. The molecule has 0 heterocycles. The minimum atomic E-state index is 0.315. The van der Waals surface area contributed by atoms with Crippen LogP contribution in [-0.2, 0) is 0 Å². The zero-order valence-electron chi connectivity index (χ0n) is 14.2. The molecule has 0 atom stereocenters. The van der Waals surface area contributed by atoms with Gasteiger partial charge in [0.1, 0.15) is 12.4 Å². The van der Waals surface area contributed by atoms with Gasteiger partial charge in [-0.25, -0.2) is 4.99 Å². The predicted molar refractivity (Wildman–Crippen MR) is 96.3 cm³/mol. The minimum Gasteiger partial charge on any atom is -0.493 e. The molecular formula is C18H23N3O3. The Morgan fingerprint density at radius 2 is 1.79 bits per heavy atom. The molecule has 0 saturated carbocycles. The van der Waals surface area contributed by atoms with Crippen LogP contribution in [0.15, 0.2) is 47.5 Å². The van der Waals surface area contributed by atoms with Gasteiger partial charge in [-0.2, -0.15) is 0 Å². The number of guanidine groups is 1. The van der Waals surface area contributed by atoms with Crippen LogP contribution < -0.4 is 25.3 Å². The monoisotopic (exact) mass is 329 g/mol. The molecule has 0 saturated heterocycles. The molecule has 0 aliphatic rings. The number of rotatable bonds is 7. The highest BCUT2D eigenvalue weighted by atomic mass is 16.5. The van der Waals surface area contributed by atoms with Crippen molar-refractivity contribution in [3.63, 3.8) is 0 Å². The van der Waals surface area contributed by atoms with Crippen molar-refractivity contribution in [3.05, 3.63) is 48.0 Å². The molecular weight excluding hydrogens is 306 g/mol. The third-order valence-electron chi connectivity index (χ3n) is 3.38. The molecule has 0 bridgehead atoms.